The lowest BCUT2D eigenvalue weighted by Gasteiger charge is -2.26. The van der Waals surface area contributed by atoms with Crippen molar-refractivity contribution in [2.24, 2.45) is 0 Å². The van der Waals surface area contributed by atoms with Crippen LogP contribution in [0.15, 0.2) is 83.7 Å². The highest BCUT2D eigenvalue weighted by Crippen LogP contribution is 2.41. The molecular formula is C25H21ClN4OS. The van der Waals surface area contributed by atoms with Crippen LogP contribution in [0.5, 0.6) is 0 Å². The van der Waals surface area contributed by atoms with Gasteiger partial charge >= 0.3 is 0 Å². The summed E-state index contributed by atoms with van der Waals surface area (Å²) in [6.45, 7) is 2.66. The van der Waals surface area contributed by atoms with Gasteiger partial charge in [0.05, 0.1) is 11.7 Å². The molecule has 5 rings (SSSR count). The number of hydrogen-bond donors (Lipinski definition) is 1. The second-order valence-corrected chi connectivity index (χ2v) is 8.60. The van der Waals surface area contributed by atoms with Crippen LogP contribution in [0.3, 0.4) is 0 Å². The summed E-state index contributed by atoms with van der Waals surface area (Å²) in [5.41, 5.74) is 4.06. The number of pyridine rings is 2. The van der Waals surface area contributed by atoms with Crippen molar-refractivity contribution in [3.8, 4) is 11.3 Å². The largest absolute Gasteiger partial charge is 0.459 e. The van der Waals surface area contributed by atoms with Crippen molar-refractivity contribution >= 4 is 28.9 Å². The van der Waals surface area contributed by atoms with Crippen LogP contribution in [0.4, 0.5) is 0 Å². The number of aryl methyl sites for hydroxylation is 1. The summed E-state index contributed by atoms with van der Waals surface area (Å²) in [5, 5.41) is 4.79. The lowest BCUT2D eigenvalue weighted by Crippen LogP contribution is -2.29. The standard InChI is InChI=1S/C25H21ClN4OS/c1-16-7-8-18(26)13-19(16)21-9-10-22(31-21)24-23(20-6-2-3-12-28-20)29-25(32)30(24)15-17-5-4-11-27-14-17/h2-14,23-24H,15H2,1H3,(H,29,32)/t23-,24-/m1/s1. The van der Waals surface area contributed by atoms with Gasteiger partial charge in [0.15, 0.2) is 5.11 Å². The predicted octanol–water partition coefficient (Wildman–Crippen LogP) is 5.87. The molecule has 0 radical (unpaired) electrons. The lowest BCUT2D eigenvalue weighted by molar-refractivity contribution is 0.269. The summed E-state index contributed by atoms with van der Waals surface area (Å²) >= 11 is 12.0. The number of hydrogen-bond acceptors (Lipinski definition) is 4. The Balaban J connectivity index is 1.56. The zero-order valence-corrected chi connectivity index (χ0v) is 19.0. The predicted molar refractivity (Wildman–Crippen MR) is 129 cm³/mol. The van der Waals surface area contributed by atoms with E-state index >= 15 is 0 Å². The molecule has 32 heavy (non-hydrogen) atoms. The lowest BCUT2D eigenvalue weighted by atomic mass is 10.0. The first-order valence-electron chi connectivity index (χ1n) is 10.3. The molecule has 7 heteroatoms. The first-order chi connectivity index (χ1) is 15.6. The monoisotopic (exact) mass is 460 g/mol. The first kappa shape index (κ1) is 20.7. The van der Waals surface area contributed by atoms with Crippen LogP contribution in [0.1, 0.15) is 34.7 Å². The van der Waals surface area contributed by atoms with Gasteiger partial charge in [-0.05, 0) is 72.7 Å². The molecule has 1 aliphatic heterocycles. The normalized spacial score (nSPS) is 18.1. The Morgan fingerprint density at radius 2 is 2.00 bits per heavy atom. The molecule has 1 saturated heterocycles. The van der Waals surface area contributed by atoms with E-state index in [-0.39, 0.29) is 12.1 Å². The molecule has 2 atom stereocenters. The molecular weight excluding hydrogens is 440 g/mol. The highest BCUT2D eigenvalue weighted by molar-refractivity contribution is 7.80. The van der Waals surface area contributed by atoms with E-state index in [1.54, 1.807) is 12.4 Å². The van der Waals surface area contributed by atoms with Crippen molar-refractivity contribution < 1.29 is 4.42 Å². The van der Waals surface area contributed by atoms with E-state index in [1.807, 2.05) is 73.8 Å². The van der Waals surface area contributed by atoms with E-state index in [4.69, 9.17) is 28.2 Å². The average Bonchev–Trinajstić information content (AvgIpc) is 3.42. The van der Waals surface area contributed by atoms with Crippen molar-refractivity contribution in [2.45, 2.75) is 25.6 Å². The van der Waals surface area contributed by atoms with Gasteiger partial charge in [-0.15, -0.1) is 0 Å². The molecule has 4 aromatic rings. The third-order valence-corrected chi connectivity index (χ3v) is 6.24. The van der Waals surface area contributed by atoms with E-state index in [2.05, 4.69) is 20.2 Å². The zero-order chi connectivity index (χ0) is 22.1. The summed E-state index contributed by atoms with van der Waals surface area (Å²) in [4.78, 5) is 11.0. The molecule has 0 bridgehead atoms. The van der Waals surface area contributed by atoms with Crippen LogP contribution in [-0.4, -0.2) is 20.0 Å². The molecule has 1 aromatic carbocycles. The Bertz CT molecular complexity index is 1250. The number of nitrogens with one attached hydrogen (secondary N) is 1. The number of furan rings is 1. The molecule has 0 saturated carbocycles. The van der Waals surface area contributed by atoms with Crippen molar-refractivity contribution in [2.75, 3.05) is 0 Å². The number of halogens is 1. The van der Waals surface area contributed by atoms with Crippen LogP contribution in [0.25, 0.3) is 11.3 Å². The van der Waals surface area contributed by atoms with Gasteiger partial charge in [-0.3, -0.25) is 9.97 Å². The van der Waals surface area contributed by atoms with E-state index in [1.165, 1.54) is 0 Å². The fourth-order valence-electron chi connectivity index (χ4n) is 4.09. The average molecular weight is 461 g/mol. The topological polar surface area (TPSA) is 54.2 Å². The Morgan fingerprint density at radius 3 is 2.78 bits per heavy atom. The number of aromatic nitrogens is 2. The molecule has 0 aliphatic carbocycles. The highest BCUT2D eigenvalue weighted by atomic mass is 35.5. The summed E-state index contributed by atoms with van der Waals surface area (Å²) in [6, 6.07) is 19.4. The van der Waals surface area contributed by atoms with Gasteiger partial charge in [-0.1, -0.05) is 29.8 Å². The highest BCUT2D eigenvalue weighted by Gasteiger charge is 2.41. The minimum absolute atomic E-state index is 0.139. The summed E-state index contributed by atoms with van der Waals surface area (Å²) in [5.74, 6) is 1.59. The zero-order valence-electron chi connectivity index (χ0n) is 17.4. The molecule has 0 unspecified atom stereocenters. The molecule has 4 heterocycles. The van der Waals surface area contributed by atoms with Crippen LogP contribution in [0.2, 0.25) is 5.02 Å². The van der Waals surface area contributed by atoms with Crippen molar-refractivity contribution in [1.82, 2.24) is 20.2 Å². The van der Waals surface area contributed by atoms with Gasteiger partial charge in [0.25, 0.3) is 0 Å². The second kappa shape index (κ2) is 8.73. The van der Waals surface area contributed by atoms with Gasteiger partial charge in [-0.2, -0.15) is 0 Å². The smallest absolute Gasteiger partial charge is 0.170 e. The second-order valence-electron chi connectivity index (χ2n) is 7.78. The van der Waals surface area contributed by atoms with Gasteiger partial charge in [-0.25, -0.2) is 0 Å². The Kier molecular flexibility index (Phi) is 5.64. The van der Waals surface area contributed by atoms with E-state index in [9.17, 15) is 0 Å². The molecule has 160 valence electrons. The third-order valence-electron chi connectivity index (χ3n) is 5.66. The van der Waals surface area contributed by atoms with Crippen molar-refractivity contribution in [1.29, 1.82) is 0 Å². The van der Waals surface area contributed by atoms with Crippen LogP contribution in [-0.2, 0) is 6.54 Å². The maximum absolute atomic E-state index is 6.41. The number of rotatable bonds is 5. The summed E-state index contributed by atoms with van der Waals surface area (Å²) in [7, 11) is 0. The molecule has 3 aromatic heterocycles. The fraction of sp³-hybridized carbons (Fsp3) is 0.160. The molecule has 0 amide bonds. The Labute approximate surface area is 197 Å². The van der Waals surface area contributed by atoms with Crippen molar-refractivity contribution in [3.05, 3.63) is 107 Å². The quantitative estimate of drug-likeness (QED) is 0.376. The fourth-order valence-corrected chi connectivity index (χ4v) is 4.57. The van der Waals surface area contributed by atoms with E-state index < -0.39 is 0 Å². The van der Waals surface area contributed by atoms with Gasteiger partial charge in [0.2, 0.25) is 0 Å². The van der Waals surface area contributed by atoms with E-state index in [0.717, 1.165) is 33.9 Å². The third kappa shape index (κ3) is 3.99. The maximum Gasteiger partial charge on any atom is 0.170 e. The molecule has 1 fully saturated rings. The molecule has 1 N–H and O–H groups in total. The van der Waals surface area contributed by atoms with Gasteiger partial charge in [0.1, 0.15) is 17.6 Å². The van der Waals surface area contributed by atoms with Gasteiger partial charge < -0.3 is 14.6 Å². The van der Waals surface area contributed by atoms with Crippen LogP contribution < -0.4 is 5.32 Å². The number of benzene rings is 1. The summed E-state index contributed by atoms with van der Waals surface area (Å²) in [6.07, 6.45) is 5.42. The molecule has 0 spiro atoms. The van der Waals surface area contributed by atoms with Crippen molar-refractivity contribution in [3.63, 3.8) is 0 Å². The molecule has 5 nitrogen and oxygen atoms in total. The first-order valence-corrected chi connectivity index (χ1v) is 11.1. The van der Waals surface area contributed by atoms with Crippen LogP contribution >= 0.6 is 23.8 Å². The summed E-state index contributed by atoms with van der Waals surface area (Å²) < 4.78 is 6.41. The maximum atomic E-state index is 6.41. The minimum Gasteiger partial charge on any atom is -0.459 e. The van der Waals surface area contributed by atoms with Crippen LogP contribution in [0, 0.1) is 6.92 Å². The van der Waals surface area contributed by atoms with E-state index in [0.29, 0.717) is 16.7 Å². The molecule has 1 aliphatic rings. The Morgan fingerprint density at radius 1 is 1.09 bits per heavy atom. The Hall–Kier alpha value is -3.22. The number of nitrogens with zero attached hydrogens (tertiary/aromatic N) is 3. The van der Waals surface area contributed by atoms with Gasteiger partial charge in [0, 0.05) is 35.7 Å². The minimum atomic E-state index is -0.161. The number of thiocarbonyl (C=S) groups is 1. The SMILES string of the molecule is Cc1ccc(Cl)cc1-c1ccc([C@@H]2[C@@H](c3ccccn3)NC(=S)N2Cc2cccnc2)o1.